The van der Waals surface area contributed by atoms with E-state index in [0.29, 0.717) is 24.9 Å². The number of guanidine groups is 1. The maximum atomic E-state index is 11.6. The molecule has 0 aliphatic carbocycles. The molecule has 2 atom stereocenters. The fraction of sp³-hybridized carbons (Fsp3) is 0.619. The van der Waals surface area contributed by atoms with E-state index in [9.17, 15) is 4.79 Å². The van der Waals surface area contributed by atoms with Crippen LogP contribution >= 0.6 is 24.0 Å². The summed E-state index contributed by atoms with van der Waals surface area (Å²) < 4.78 is 0. The van der Waals surface area contributed by atoms with Crippen LogP contribution in [0.5, 0.6) is 0 Å². The fourth-order valence-electron chi connectivity index (χ4n) is 3.67. The predicted molar refractivity (Wildman–Crippen MR) is 124 cm³/mol. The number of nitrogens with one attached hydrogen (secondary N) is 2. The number of rotatable bonds is 6. The standard InChI is InChI=1S/C21H34N4O.HI/c1-5-17-15-25(14-11-19(17)18-9-7-6-8-10-18)21(22-4)24-13-12-23-20(26)16(2)3;/h6-10,16-17,19H,5,11-15H2,1-4H3,(H,22,24)(H,23,26);1H. The van der Waals surface area contributed by atoms with Gasteiger partial charge >= 0.3 is 0 Å². The molecule has 2 rings (SSSR count). The van der Waals surface area contributed by atoms with Gasteiger partial charge in [0.2, 0.25) is 5.91 Å². The highest BCUT2D eigenvalue weighted by Crippen LogP contribution is 2.34. The first-order valence-corrected chi connectivity index (χ1v) is 9.85. The monoisotopic (exact) mass is 486 g/mol. The number of carbonyl (C=O) groups excluding carboxylic acids is 1. The third kappa shape index (κ3) is 6.97. The Morgan fingerprint density at radius 1 is 1.22 bits per heavy atom. The van der Waals surface area contributed by atoms with Crippen molar-refractivity contribution in [2.24, 2.45) is 16.8 Å². The minimum absolute atomic E-state index is 0. The molecule has 6 heteroatoms. The van der Waals surface area contributed by atoms with Crippen LogP contribution < -0.4 is 10.6 Å². The summed E-state index contributed by atoms with van der Waals surface area (Å²) in [6.07, 6.45) is 2.31. The summed E-state index contributed by atoms with van der Waals surface area (Å²) in [5.74, 6) is 2.31. The number of hydrogen-bond acceptors (Lipinski definition) is 2. The number of amides is 1. The van der Waals surface area contributed by atoms with Gasteiger partial charge in [-0.15, -0.1) is 24.0 Å². The maximum Gasteiger partial charge on any atom is 0.222 e. The van der Waals surface area contributed by atoms with Crippen LogP contribution in [0.3, 0.4) is 0 Å². The molecule has 1 heterocycles. The minimum Gasteiger partial charge on any atom is -0.354 e. The molecular formula is C21H35IN4O. The Kier molecular flexibility index (Phi) is 10.7. The lowest BCUT2D eigenvalue weighted by atomic mass is 9.79. The van der Waals surface area contributed by atoms with Crippen LogP contribution in [0, 0.1) is 11.8 Å². The van der Waals surface area contributed by atoms with Crippen molar-refractivity contribution in [3.05, 3.63) is 35.9 Å². The van der Waals surface area contributed by atoms with E-state index in [1.165, 1.54) is 5.56 Å². The van der Waals surface area contributed by atoms with Crippen molar-refractivity contribution in [3.63, 3.8) is 0 Å². The first kappa shape index (κ1) is 23.7. The van der Waals surface area contributed by atoms with Crippen LogP contribution in [0.15, 0.2) is 35.3 Å². The van der Waals surface area contributed by atoms with E-state index in [4.69, 9.17) is 0 Å². The van der Waals surface area contributed by atoms with Gasteiger partial charge in [0.15, 0.2) is 5.96 Å². The summed E-state index contributed by atoms with van der Waals surface area (Å²) >= 11 is 0. The Labute approximate surface area is 181 Å². The summed E-state index contributed by atoms with van der Waals surface area (Å²) in [4.78, 5) is 18.4. The maximum absolute atomic E-state index is 11.6. The zero-order valence-corrected chi connectivity index (χ0v) is 19.4. The largest absolute Gasteiger partial charge is 0.354 e. The van der Waals surface area contributed by atoms with Crippen molar-refractivity contribution >= 4 is 35.8 Å². The van der Waals surface area contributed by atoms with Gasteiger partial charge in [-0.2, -0.15) is 0 Å². The van der Waals surface area contributed by atoms with Gasteiger partial charge in [-0.25, -0.2) is 0 Å². The van der Waals surface area contributed by atoms with Crippen LogP contribution in [-0.2, 0) is 4.79 Å². The van der Waals surface area contributed by atoms with Crippen LogP contribution in [-0.4, -0.2) is 50.0 Å². The second-order valence-corrected chi connectivity index (χ2v) is 7.34. The van der Waals surface area contributed by atoms with Gasteiger partial charge in [-0.05, 0) is 23.8 Å². The van der Waals surface area contributed by atoms with E-state index in [0.717, 1.165) is 31.9 Å². The Morgan fingerprint density at radius 3 is 2.48 bits per heavy atom. The smallest absolute Gasteiger partial charge is 0.222 e. The molecule has 1 amide bonds. The molecule has 0 radical (unpaired) electrons. The number of nitrogens with zero attached hydrogens (tertiary/aromatic N) is 2. The molecule has 1 aromatic carbocycles. The van der Waals surface area contributed by atoms with E-state index >= 15 is 0 Å². The van der Waals surface area contributed by atoms with Gasteiger partial charge in [0, 0.05) is 39.1 Å². The van der Waals surface area contributed by atoms with E-state index in [2.05, 4.69) is 57.8 Å². The Morgan fingerprint density at radius 2 is 1.89 bits per heavy atom. The minimum atomic E-state index is 0. The van der Waals surface area contributed by atoms with Crippen molar-refractivity contribution in [2.45, 2.75) is 39.5 Å². The zero-order chi connectivity index (χ0) is 18.9. The molecule has 5 nitrogen and oxygen atoms in total. The lowest BCUT2D eigenvalue weighted by Crippen LogP contribution is -2.49. The van der Waals surface area contributed by atoms with Gasteiger partial charge in [-0.1, -0.05) is 57.5 Å². The van der Waals surface area contributed by atoms with E-state index in [1.807, 2.05) is 20.9 Å². The average Bonchev–Trinajstić information content (AvgIpc) is 2.68. The highest BCUT2D eigenvalue weighted by molar-refractivity contribution is 14.0. The molecule has 1 aromatic rings. The van der Waals surface area contributed by atoms with Crippen molar-refractivity contribution in [3.8, 4) is 0 Å². The van der Waals surface area contributed by atoms with E-state index in [-0.39, 0.29) is 35.8 Å². The lowest BCUT2D eigenvalue weighted by molar-refractivity contribution is -0.123. The Balaban J connectivity index is 0.00000364. The average molecular weight is 486 g/mol. The molecule has 1 aliphatic rings. The fourth-order valence-corrected chi connectivity index (χ4v) is 3.67. The van der Waals surface area contributed by atoms with Crippen LogP contribution in [0.4, 0.5) is 0 Å². The molecule has 2 N–H and O–H groups in total. The molecule has 152 valence electrons. The van der Waals surface area contributed by atoms with Crippen LogP contribution in [0.1, 0.15) is 45.1 Å². The van der Waals surface area contributed by atoms with Gasteiger partial charge < -0.3 is 15.5 Å². The molecule has 2 unspecified atom stereocenters. The molecule has 1 saturated heterocycles. The molecule has 1 aliphatic heterocycles. The summed E-state index contributed by atoms with van der Waals surface area (Å²) in [7, 11) is 1.83. The molecule has 27 heavy (non-hydrogen) atoms. The number of halogens is 1. The number of aliphatic imine (C=N–C) groups is 1. The second-order valence-electron chi connectivity index (χ2n) is 7.34. The molecule has 0 spiro atoms. The molecule has 0 saturated carbocycles. The van der Waals surface area contributed by atoms with Crippen LogP contribution in [0.25, 0.3) is 0 Å². The highest BCUT2D eigenvalue weighted by atomic mass is 127. The predicted octanol–water partition coefficient (Wildman–Crippen LogP) is 3.47. The first-order chi connectivity index (χ1) is 12.6. The van der Waals surface area contributed by atoms with Gasteiger partial charge in [-0.3, -0.25) is 9.79 Å². The normalized spacial score (nSPS) is 20.2. The third-order valence-electron chi connectivity index (χ3n) is 5.23. The van der Waals surface area contributed by atoms with Crippen molar-refractivity contribution < 1.29 is 4.79 Å². The SMILES string of the molecule is CCC1CN(C(=NC)NCCNC(=O)C(C)C)CCC1c1ccccc1.I. The molecule has 1 fully saturated rings. The van der Waals surface area contributed by atoms with Crippen LogP contribution in [0.2, 0.25) is 0 Å². The van der Waals surface area contributed by atoms with Crippen molar-refractivity contribution in [2.75, 3.05) is 33.2 Å². The number of benzene rings is 1. The Bertz CT molecular complexity index is 591. The summed E-state index contributed by atoms with van der Waals surface area (Å²) in [6, 6.07) is 10.9. The molecule has 0 aromatic heterocycles. The van der Waals surface area contributed by atoms with E-state index < -0.39 is 0 Å². The zero-order valence-electron chi connectivity index (χ0n) is 17.1. The quantitative estimate of drug-likeness (QED) is 0.280. The summed E-state index contributed by atoms with van der Waals surface area (Å²) in [6.45, 7) is 9.44. The summed E-state index contributed by atoms with van der Waals surface area (Å²) in [5, 5.41) is 6.33. The van der Waals surface area contributed by atoms with E-state index in [1.54, 1.807) is 0 Å². The molecule has 0 bridgehead atoms. The van der Waals surface area contributed by atoms with Gasteiger partial charge in [0.1, 0.15) is 0 Å². The highest BCUT2D eigenvalue weighted by Gasteiger charge is 2.30. The van der Waals surface area contributed by atoms with Crippen molar-refractivity contribution in [1.29, 1.82) is 0 Å². The number of hydrogen-bond donors (Lipinski definition) is 2. The topological polar surface area (TPSA) is 56.7 Å². The molecular weight excluding hydrogens is 451 g/mol. The van der Waals surface area contributed by atoms with Gasteiger partial charge in [0.25, 0.3) is 0 Å². The number of carbonyl (C=O) groups is 1. The van der Waals surface area contributed by atoms with Gasteiger partial charge in [0.05, 0.1) is 0 Å². The third-order valence-corrected chi connectivity index (χ3v) is 5.23. The number of piperidine rings is 1. The summed E-state index contributed by atoms with van der Waals surface area (Å²) in [5.41, 5.74) is 1.46. The number of likely N-dealkylation sites (tertiary alicyclic amines) is 1. The Hall–Kier alpha value is -1.31. The van der Waals surface area contributed by atoms with Crippen molar-refractivity contribution in [1.82, 2.24) is 15.5 Å². The second kappa shape index (κ2) is 12.2. The lowest BCUT2D eigenvalue weighted by Gasteiger charge is -2.40. The first-order valence-electron chi connectivity index (χ1n) is 9.85.